The number of nitrogens with zero attached hydrogens (tertiary/aromatic N) is 1. The molecule has 0 fully saturated rings. The molecule has 0 radical (unpaired) electrons. The summed E-state index contributed by atoms with van der Waals surface area (Å²) in [6.45, 7) is 0.375. The topological polar surface area (TPSA) is 70.9 Å². The number of amides is 1. The van der Waals surface area contributed by atoms with Crippen LogP contribution in [0.15, 0.2) is 47.2 Å². The van der Waals surface area contributed by atoms with Crippen molar-refractivity contribution < 1.29 is 9.21 Å². The molecule has 0 aliphatic rings. The predicted molar refractivity (Wildman–Crippen MR) is 66.0 cm³/mol. The Bertz CT molecular complexity index is 670. The van der Waals surface area contributed by atoms with Gasteiger partial charge < -0.3 is 9.73 Å². The molecule has 90 valence electrons. The van der Waals surface area contributed by atoms with Gasteiger partial charge in [-0.05, 0) is 24.3 Å². The van der Waals surface area contributed by atoms with Crippen LogP contribution in [-0.4, -0.2) is 16.1 Å². The molecule has 0 saturated heterocycles. The van der Waals surface area contributed by atoms with E-state index in [1.165, 1.54) is 0 Å². The van der Waals surface area contributed by atoms with E-state index in [1.54, 1.807) is 24.6 Å². The minimum Gasteiger partial charge on any atom is -0.467 e. The molecule has 18 heavy (non-hydrogen) atoms. The zero-order valence-corrected chi connectivity index (χ0v) is 9.51. The van der Waals surface area contributed by atoms with Crippen molar-refractivity contribution >= 4 is 16.8 Å². The van der Waals surface area contributed by atoms with Crippen LogP contribution in [0.4, 0.5) is 0 Å². The molecule has 2 N–H and O–H groups in total. The van der Waals surface area contributed by atoms with Crippen molar-refractivity contribution in [3.63, 3.8) is 0 Å². The quantitative estimate of drug-likeness (QED) is 0.737. The van der Waals surface area contributed by atoms with E-state index in [0.717, 1.165) is 16.7 Å². The third-order valence-corrected chi connectivity index (χ3v) is 2.73. The van der Waals surface area contributed by atoms with Gasteiger partial charge in [-0.2, -0.15) is 5.10 Å². The highest BCUT2D eigenvalue weighted by Crippen LogP contribution is 2.15. The van der Waals surface area contributed by atoms with Crippen molar-refractivity contribution in [1.29, 1.82) is 0 Å². The molecule has 1 amide bonds. The zero-order valence-electron chi connectivity index (χ0n) is 9.51. The van der Waals surface area contributed by atoms with Gasteiger partial charge in [-0.1, -0.05) is 6.07 Å². The summed E-state index contributed by atoms with van der Waals surface area (Å²) in [7, 11) is 0. The molecule has 0 spiro atoms. The Morgan fingerprint density at radius 3 is 3.11 bits per heavy atom. The van der Waals surface area contributed by atoms with Crippen LogP contribution in [0.25, 0.3) is 10.9 Å². The molecule has 5 nitrogen and oxygen atoms in total. The van der Waals surface area contributed by atoms with Crippen molar-refractivity contribution in [3.05, 3.63) is 54.1 Å². The summed E-state index contributed by atoms with van der Waals surface area (Å²) < 4.78 is 5.16. The fraction of sp³-hybridized carbons (Fsp3) is 0.0769. The fourth-order valence-electron chi connectivity index (χ4n) is 1.84. The minimum absolute atomic E-state index is 0.140. The zero-order chi connectivity index (χ0) is 12.4. The standard InChI is InChI=1S/C13H11N3O2/c17-13(14-7-9-3-2-6-18-9)10-4-1-5-12-11(10)8-15-16-12/h1-6,8H,7H2,(H,14,17)(H,15,16). The van der Waals surface area contributed by atoms with Gasteiger partial charge in [0.2, 0.25) is 0 Å². The number of nitrogens with one attached hydrogen (secondary N) is 2. The van der Waals surface area contributed by atoms with E-state index in [4.69, 9.17) is 4.42 Å². The molecule has 2 heterocycles. The number of benzene rings is 1. The van der Waals surface area contributed by atoms with E-state index >= 15 is 0 Å². The molecule has 0 unspecified atom stereocenters. The Morgan fingerprint density at radius 1 is 1.33 bits per heavy atom. The average molecular weight is 241 g/mol. The van der Waals surface area contributed by atoms with E-state index < -0.39 is 0 Å². The maximum Gasteiger partial charge on any atom is 0.252 e. The van der Waals surface area contributed by atoms with Gasteiger partial charge in [0.15, 0.2) is 0 Å². The highest BCUT2D eigenvalue weighted by Gasteiger charge is 2.10. The number of H-pyrrole nitrogens is 1. The van der Waals surface area contributed by atoms with Crippen molar-refractivity contribution in [2.75, 3.05) is 0 Å². The van der Waals surface area contributed by atoms with Crippen LogP contribution in [0, 0.1) is 0 Å². The number of carbonyl (C=O) groups excluding carboxylic acids is 1. The largest absolute Gasteiger partial charge is 0.467 e. The predicted octanol–water partition coefficient (Wildman–Crippen LogP) is 2.09. The number of hydrogen-bond donors (Lipinski definition) is 2. The highest BCUT2D eigenvalue weighted by atomic mass is 16.3. The second kappa shape index (κ2) is 4.37. The maximum atomic E-state index is 12.1. The number of fused-ring (bicyclic) bond motifs is 1. The van der Waals surface area contributed by atoms with Crippen molar-refractivity contribution in [2.45, 2.75) is 6.54 Å². The van der Waals surface area contributed by atoms with E-state index in [2.05, 4.69) is 15.5 Å². The van der Waals surface area contributed by atoms with Gasteiger partial charge in [0.25, 0.3) is 5.91 Å². The van der Waals surface area contributed by atoms with Crippen molar-refractivity contribution in [2.24, 2.45) is 0 Å². The summed E-state index contributed by atoms with van der Waals surface area (Å²) in [4.78, 5) is 12.1. The molecule has 5 heteroatoms. The summed E-state index contributed by atoms with van der Waals surface area (Å²) in [6.07, 6.45) is 3.23. The number of hydrogen-bond acceptors (Lipinski definition) is 3. The van der Waals surface area contributed by atoms with Crippen LogP contribution in [0.1, 0.15) is 16.1 Å². The first-order chi connectivity index (χ1) is 8.84. The van der Waals surface area contributed by atoms with Gasteiger partial charge in [0, 0.05) is 5.39 Å². The highest BCUT2D eigenvalue weighted by molar-refractivity contribution is 6.05. The monoisotopic (exact) mass is 241 g/mol. The molecular weight excluding hydrogens is 230 g/mol. The van der Waals surface area contributed by atoms with Crippen LogP contribution in [-0.2, 0) is 6.54 Å². The second-order valence-electron chi connectivity index (χ2n) is 3.90. The van der Waals surface area contributed by atoms with E-state index in [1.807, 2.05) is 18.2 Å². The maximum absolute atomic E-state index is 12.1. The van der Waals surface area contributed by atoms with Crippen LogP contribution in [0.3, 0.4) is 0 Å². The first-order valence-electron chi connectivity index (χ1n) is 5.57. The van der Waals surface area contributed by atoms with E-state index in [9.17, 15) is 4.79 Å². The number of aromatic amines is 1. The summed E-state index contributed by atoms with van der Waals surface area (Å²) in [5, 5.41) is 10.4. The Kier molecular flexibility index (Phi) is 2.57. The molecule has 3 aromatic rings. The number of aromatic nitrogens is 2. The molecule has 0 aliphatic heterocycles. The second-order valence-corrected chi connectivity index (χ2v) is 3.90. The third-order valence-electron chi connectivity index (χ3n) is 2.73. The molecular formula is C13H11N3O2. The van der Waals surface area contributed by atoms with Crippen molar-refractivity contribution in [1.82, 2.24) is 15.5 Å². The molecule has 2 aromatic heterocycles. The lowest BCUT2D eigenvalue weighted by Gasteiger charge is -2.04. The Morgan fingerprint density at radius 2 is 2.28 bits per heavy atom. The fourth-order valence-corrected chi connectivity index (χ4v) is 1.84. The van der Waals surface area contributed by atoms with Gasteiger partial charge in [0.05, 0.1) is 30.1 Å². The molecule has 0 bridgehead atoms. The molecule has 0 atom stereocenters. The van der Waals surface area contributed by atoms with Crippen LogP contribution >= 0.6 is 0 Å². The number of furan rings is 1. The summed E-state index contributed by atoms with van der Waals surface area (Å²) >= 11 is 0. The number of carbonyl (C=O) groups is 1. The SMILES string of the molecule is O=C(NCc1ccco1)c1cccc2[nH]ncc12. The molecule has 1 aromatic carbocycles. The lowest BCUT2D eigenvalue weighted by molar-refractivity contribution is 0.0949. The number of rotatable bonds is 3. The minimum atomic E-state index is -0.140. The van der Waals surface area contributed by atoms with E-state index in [0.29, 0.717) is 12.1 Å². The average Bonchev–Trinajstić information content (AvgIpc) is 3.05. The van der Waals surface area contributed by atoms with Gasteiger partial charge in [-0.25, -0.2) is 0 Å². The summed E-state index contributed by atoms with van der Waals surface area (Å²) in [5.74, 6) is 0.584. The third kappa shape index (κ3) is 1.86. The Hall–Kier alpha value is -2.56. The molecule has 0 aliphatic carbocycles. The molecule has 3 rings (SSSR count). The summed E-state index contributed by atoms with van der Waals surface area (Å²) in [5.41, 5.74) is 1.45. The van der Waals surface area contributed by atoms with Gasteiger partial charge in [0.1, 0.15) is 5.76 Å². The molecule has 0 saturated carbocycles. The Labute approximate surface area is 103 Å². The van der Waals surface area contributed by atoms with Crippen molar-refractivity contribution in [3.8, 4) is 0 Å². The smallest absolute Gasteiger partial charge is 0.252 e. The van der Waals surface area contributed by atoms with Gasteiger partial charge in [-0.3, -0.25) is 9.89 Å². The normalized spacial score (nSPS) is 10.7. The van der Waals surface area contributed by atoms with Gasteiger partial charge in [-0.15, -0.1) is 0 Å². The summed E-state index contributed by atoms with van der Waals surface area (Å²) in [6, 6.07) is 9.08. The first-order valence-corrected chi connectivity index (χ1v) is 5.57. The lowest BCUT2D eigenvalue weighted by Crippen LogP contribution is -2.22. The van der Waals surface area contributed by atoms with Crippen LogP contribution in [0.2, 0.25) is 0 Å². The van der Waals surface area contributed by atoms with E-state index in [-0.39, 0.29) is 5.91 Å². The van der Waals surface area contributed by atoms with Crippen LogP contribution < -0.4 is 5.32 Å². The lowest BCUT2D eigenvalue weighted by atomic mass is 10.1. The van der Waals surface area contributed by atoms with Crippen LogP contribution in [0.5, 0.6) is 0 Å². The van der Waals surface area contributed by atoms with Gasteiger partial charge >= 0.3 is 0 Å². The first kappa shape index (κ1) is 10.6. The Balaban J connectivity index is 1.81.